The van der Waals surface area contributed by atoms with Gasteiger partial charge in [-0.1, -0.05) is 0 Å². The van der Waals surface area contributed by atoms with E-state index in [1.165, 1.54) is 6.26 Å². The van der Waals surface area contributed by atoms with E-state index >= 15 is 0 Å². The number of hydrogen-bond acceptors (Lipinski definition) is 4. The lowest BCUT2D eigenvalue weighted by Crippen LogP contribution is -2.35. The molecule has 0 spiro atoms. The van der Waals surface area contributed by atoms with E-state index in [0.29, 0.717) is 13.1 Å². The molecule has 2 N–H and O–H groups in total. The zero-order valence-corrected chi connectivity index (χ0v) is 14.2. The summed E-state index contributed by atoms with van der Waals surface area (Å²) in [6, 6.07) is 7.26. The Bertz CT molecular complexity index is 894. The number of carbonyl (C=O) groups is 2. The monoisotopic (exact) mass is 340 g/mol. The number of fused-ring (bicyclic) bond motifs is 1. The Labute approximate surface area is 145 Å². The number of aryl methyl sites for hydroxylation is 2. The molecular weight excluding hydrogens is 320 g/mol. The molecule has 0 saturated carbocycles. The van der Waals surface area contributed by atoms with Crippen LogP contribution in [0, 0.1) is 13.8 Å². The quantitative estimate of drug-likeness (QED) is 0.676. The van der Waals surface area contributed by atoms with Crippen LogP contribution in [0.25, 0.3) is 11.0 Å². The van der Waals surface area contributed by atoms with E-state index in [1.807, 2.05) is 26.0 Å². The van der Waals surface area contributed by atoms with E-state index in [1.54, 1.807) is 18.4 Å². The fraction of sp³-hybridized carbons (Fsp3) is 0.263. The van der Waals surface area contributed by atoms with Crippen LogP contribution in [0.5, 0.6) is 0 Å². The van der Waals surface area contributed by atoms with Crippen molar-refractivity contribution in [2.24, 2.45) is 0 Å². The van der Waals surface area contributed by atoms with Crippen molar-refractivity contribution in [3.8, 4) is 0 Å². The highest BCUT2D eigenvalue weighted by molar-refractivity contribution is 5.91. The van der Waals surface area contributed by atoms with Crippen LogP contribution in [0.1, 0.15) is 27.2 Å². The van der Waals surface area contributed by atoms with Crippen molar-refractivity contribution < 1.29 is 18.4 Å². The van der Waals surface area contributed by atoms with Gasteiger partial charge in [0.2, 0.25) is 5.91 Å². The summed E-state index contributed by atoms with van der Waals surface area (Å²) in [5.41, 5.74) is 3.97. The Morgan fingerprint density at radius 2 is 1.80 bits per heavy atom. The van der Waals surface area contributed by atoms with Gasteiger partial charge in [-0.2, -0.15) is 0 Å². The molecule has 2 amide bonds. The van der Waals surface area contributed by atoms with E-state index < -0.39 is 0 Å². The van der Waals surface area contributed by atoms with Crippen LogP contribution >= 0.6 is 0 Å². The zero-order valence-electron chi connectivity index (χ0n) is 14.2. The molecule has 0 aliphatic heterocycles. The average molecular weight is 340 g/mol. The number of hydrogen-bond donors (Lipinski definition) is 2. The lowest BCUT2D eigenvalue weighted by atomic mass is 10.0. The smallest absolute Gasteiger partial charge is 0.287 e. The maximum atomic E-state index is 12.1. The second-order valence-electron chi connectivity index (χ2n) is 5.95. The normalized spacial score (nSPS) is 10.8. The molecule has 6 nitrogen and oxygen atoms in total. The van der Waals surface area contributed by atoms with Gasteiger partial charge in [0.05, 0.1) is 18.9 Å². The number of furan rings is 2. The molecule has 3 rings (SSSR count). The van der Waals surface area contributed by atoms with Gasteiger partial charge in [0.15, 0.2) is 5.76 Å². The molecule has 2 aromatic heterocycles. The minimum absolute atomic E-state index is 0.117. The molecule has 0 aliphatic rings. The van der Waals surface area contributed by atoms with Crippen LogP contribution < -0.4 is 10.6 Å². The Morgan fingerprint density at radius 1 is 1.04 bits per heavy atom. The Kier molecular flexibility index (Phi) is 4.88. The Balaban J connectivity index is 1.50. The summed E-state index contributed by atoms with van der Waals surface area (Å²) in [6.45, 7) is 4.74. The molecule has 1 aromatic carbocycles. The lowest BCUT2D eigenvalue weighted by Gasteiger charge is -2.06. The van der Waals surface area contributed by atoms with Crippen LogP contribution in [0.15, 0.2) is 45.6 Å². The highest BCUT2D eigenvalue weighted by Gasteiger charge is 2.12. The summed E-state index contributed by atoms with van der Waals surface area (Å²) >= 11 is 0. The minimum Gasteiger partial charge on any atom is -0.464 e. The van der Waals surface area contributed by atoms with Gasteiger partial charge in [0.1, 0.15) is 5.58 Å². The Hall–Kier alpha value is -3.02. The number of benzene rings is 1. The second-order valence-corrected chi connectivity index (χ2v) is 5.95. The summed E-state index contributed by atoms with van der Waals surface area (Å²) in [7, 11) is 0. The molecule has 0 unspecified atom stereocenters. The van der Waals surface area contributed by atoms with Crippen LogP contribution in [-0.4, -0.2) is 24.9 Å². The fourth-order valence-electron chi connectivity index (χ4n) is 2.58. The van der Waals surface area contributed by atoms with Gasteiger partial charge >= 0.3 is 0 Å². The fourth-order valence-corrected chi connectivity index (χ4v) is 2.58. The van der Waals surface area contributed by atoms with E-state index in [4.69, 9.17) is 8.83 Å². The highest BCUT2D eigenvalue weighted by atomic mass is 16.3. The molecule has 0 aliphatic carbocycles. The summed E-state index contributed by atoms with van der Waals surface area (Å²) < 4.78 is 10.5. The predicted molar refractivity (Wildman–Crippen MR) is 93.4 cm³/mol. The molecule has 0 radical (unpaired) electrons. The van der Waals surface area contributed by atoms with Crippen LogP contribution in [0.2, 0.25) is 0 Å². The molecule has 0 saturated heterocycles. The van der Waals surface area contributed by atoms with Crippen molar-refractivity contribution in [3.63, 3.8) is 0 Å². The Morgan fingerprint density at radius 3 is 2.56 bits per heavy atom. The van der Waals surface area contributed by atoms with Gasteiger partial charge in [-0.3, -0.25) is 9.59 Å². The molecule has 2 heterocycles. The third-order valence-electron chi connectivity index (χ3n) is 4.10. The van der Waals surface area contributed by atoms with E-state index in [2.05, 4.69) is 10.6 Å². The van der Waals surface area contributed by atoms with Crippen LogP contribution in [0.4, 0.5) is 0 Å². The van der Waals surface area contributed by atoms with Gasteiger partial charge in [0.25, 0.3) is 5.91 Å². The maximum absolute atomic E-state index is 12.1. The first-order chi connectivity index (χ1) is 12.0. The molecule has 0 atom stereocenters. The van der Waals surface area contributed by atoms with Crippen molar-refractivity contribution in [3.05, 3.63) is 59.2 Å². The van der Waals surface area contributed by atoms with Gasteiger partial charge < -0.3 is 19.5 Å². The maximum Gasteiger partial charge on any atom is 0.287 e. The molecule has 3 aromatic rings. The minimum atomic E-state index is -0.300. The van der Waals surface area contributed by atoms with Crippen molar-refractivity contribution in [2.45, 2.75) is 20.3 Å². The number of amides is 2. The van der Waals surface area contributed by atoms with E-state index in [0.717, 1.165) is 27.7 Å². The summed E-state index contributed by atoms with van der Waals surface area (Å²) in [6.07, 6.45) is 3.30. The van der Waals surface area contributed by atoms with E-state index in [9.17, 15) is 9.59 Å². The number of rotatable bonds is 6. The third kappa shape index (κ3) is 3.91. The standard InChI is InChI=1S/C19H20N2O4/c1-12-8-15-14(11-25-17(15)9-13(12)2)10-18(22)20-5-6-21-19(23)16-4-3-7-24-16/h3-4,7-9,11H,5-6,10H2,1-2H3,(H,20,22)(H,21,23). The predicted octanol–water partition coefficient (Wildman–Crippen LogP) is 2.73. The van der Waals surface area contributed by atoms with Gasteiger partial charge in [-0.25, -0.2) is 0 Å². The molecule has 0 bridgehead atoms. The van der Waals surface area contributed by atoms with Gasteiger partial charge in [0, 0.05) is 24.0 Å². The molecule has 25 heavy (non-hydrogen) atoms. The second kappa shape index (κ2) is 7.25. The summed E-state index contributed by atoms with van der Waals surface area (Å²) in [5, 5.41) is 6.43. The van der Waals surface area contributed by atoms with Crippen molar-refractivity contribution in [2.75, 3.05) is 13.1 Å². The molecular formula is C19H20N2O4. The first-order valence-electron chi connectivity index (χ1n) is 8.10. The van der Waals surface area contributed by atoms with Crippen molar-refractivity contribution >= 4 is 22.8 Å². The molecule has 0 fully saturated rings. The zero-order chi connectivity index (χ0) is 17.8. The third-order valence-corrected chi connectivity index (χ3v) is 4.10. The van der Waals surface area contributed by atoms with Crippen LogP contribution in [0.3, 0.4) is 0 Å². The average Bonchev–Trinajstić information content (AvgIpc) is 3.23. The summed E-state index contributed by atoms with van der Waals surface area (Å²) in [4.78, 5) is 23.8. The summed E-state index contributed by atoms with van der Waals surface area (Å²) in [5.74, 6) is -0.166. The molecule has 130 valence electrons. The number of nitrogens with one attached hydrogen (secondary N) is 2. The highest BCUT2D eigenvalue weighted by Crippen LogP contribution is 2.25. The van der Waals surface area contributed by atoms with Crippen molar-refractivity contribution in [1.82, 2.24) is 10.6 Å². The lowest BCUT2D eigenvalue weighted by molar-refractivity contribution is -0.120. The van der Waals surface area contributed by atoms with Crippen LogP contribution in [-0.2, 0) is 11.2 Å². The topological polar surface area (TPSA) is 84.5 Å². The SMILES string of the molecule is Cc1cc2occ(CC(=O)NCCNC(=O)c3ccco3)c2cc1C. The van der Waals surface area contributed by atoms with Gasteiger partial charge in [-0.15, -0.1) is 0 Å². The first kappa shape index (κ1) is 16.8. The molecule has 6 heteroatoms. The van der Waals surface area contributed by atoms with Gasteiger partial charge in [-0.05, 0) is 49.2 Å². The van der Waals surface area contributed by atoms with Crippen molar-refractivity contribution in [1.29, 1.82) is 0 Å². The van der Waals surface area contributed by atoms with E-state index in [-0.39, 0.29) is 24.0 Å². The largest absolute Gasteiger partial charge is 0.464 e. The number of carbonyl (C=O) groups excluding carboxylic acids is 2. The first-order valence-corrected chi connectivity index (χ1v) is 8.10.